The van der Waals surface area contributed by atoms with Gasteiger partial charge in [0.1, 0.15) is 0 Å². The second-order valence-electron chi connectivity index (χ2n) is 7.19. The molecule has 31 heavy (non-hydrogen) atoms. The van der Waals surface area contributed by atoms with E-state index in [2.05, 4.69) is 0 Å². The molecule has 0 bridgehead atoms. The average Bonchev–Trinajstić information content (AvgIpc) is 2.64. The summed E-state index contributed by atoms with van der Waals surface area (Å²) < 4.78 is 59.1. The molecule has 0 heterocycles. The molecule has 0 aliphatic heterocycles. The molecular formula is C20H30N2O6PtS2. The predicted molar refractivity (Wildman–Crippen MR) is 116 cm³/mol. The summed E-state index contributed by atoms with van der Waals surface area (Å²) in [6.07, 6.45) is 4.80. The maximum absolute atomic E-state index is 10.5. The Balaban J connectivity index is 0.000000434. The Morgan fingerprint density at radius 1 is 0.677 bits per heavy atom. The van der Waals surface area contributed by atoms with Crippen LogP contribution in [0.3, 0.4) is 0 Å². The first-order chi connectivity index (χ1) is 13.8. The maximum Gasteiger partial charge on any atom is 0.294 e. The van der Waals surface area contributed by atoms with Crippen molar-refractivity contribution in [3.05, 3.63) is 59.7 Å². The van der Waals surface area contributed by atoms with Gasteiger partial charge < -0.3 is 11.5 Å². The molecule has 0 amide bonds. The van der Waals surface area contributed by atoms with Crippen LogP contribution in [0.2, 0.25) is 0 Å². The Kier molecular flexibility index (Phi) is 12.9. The van der Waals surface area contributed by atoms with Crippen molar-refractivity contribution in [3.8, 4) is 0 Å². The van der Waals surface area contributed by atoms with Crippen molar-refractivity contribution in [1.29, 1.82) is 0 Å². The van der Waals surface area contributed by atoms with Crippen LogP contribution in [0.5, 0.6) is 0 Å². The molecule has 2 atom stereocenters. The van der Waals surface area contributed by atoms with Crippen molar-refractivity contribution in [2.45, 2.75) is 61.4 Å². The Morgan fingerprint density at radius 3 is 1.13 bits per heavy atom. The molecule has 1 saturated carbocycles. The van der Waals surface area contributed by atoms with Crippen molar-refractivity contribution >= 4 is 20.2 Å². The Hall–Kier alpha value is -1.13. The van der Waals surface area contributed by atoms with E-state index in [-0.39, 0.29) is 42.9 Å². The topological polar surface area (TPSA) is 161 Å². The number of hydrogen-bond acceptors (Lipinski definition) is 6. The van der Waals surface area contributed by atoms with Crippen LogP contribution in [0.25, 0.3) is 0 Å². The van der Waals surface area contributed by atoms with Crippen LogP contribution < -0.4 is 11.5 Å². The molecule has 0 aromatic heterocycles. The number of nitrogens with two attached hydrogens (primary N) is 2. The monoisotopic (exact) mass is 653 g/mol. The van der Waals surface area contributed by atoms with Crippen molar-refractivity contribution in [2.75, 3.05) is 0 Å². The molecule has 0 radical (unpaired) electrons. The average molecular weight is 654 g/mol. The molecule has 1 fully saturated rings. The molecule has 1 aliphatic carbocycles. The second-order valence-corrected chi connectivity index (χ2v) is 10.0. The van der Waals surface area contributed by atoms with Crippen LogP contribution in [-0.4, -0.2) is 38.0 Å². The molecule has 2 aromatic rings. The van der Waals surface area contributed by atoms with Crippen LogP contribution in [0.1, 0.15) is 36.8 Å². The summed E-state index contributed by atoms with van der Waals surface area (Å²) in [4.78, 5) is -0.133. The van der Waals surface area contributed by atoms with Crippen molar-refractivity contribution in [1.82, 2.24) is 0 Å². The molecule has 0 saturated heterocycles. The van der Waals surface area contributed by atoms with Gasteiger partial charge in [0.05, 0.1) is 9.79 Å². The Bertz CT molecular complexity index is 911. The number of rotatable bonds is 2. The first-order valence-corrected chi connectivity index (χ1v) is 12.3. The van der Waals surface area contributed by atoms with Gasteiger partial charge in [-0.15, -0.1) is 0 Å². The van der Waals surface area contributed by atoms with Gasteiger partial charge in [0.25, 0.3) is 20.2 Å². The van der Waals surface area contributed by atoms with E-state index >= 15 is 0 Å². The largest absolute Gasteiger partial charge is 0.326 e. The molecule has 6 N–H and O–H groups in total. The van der Waals surface area contributed by atoms with Crippen LogP contribution in [0.4, 0.5) is 0 Å². The van der Waals surface area contributed by atoms with E-state index in [0.717, 1.165) is 24.0 Å². The Morgan fingerprint density at radius 2 is 0.935 bits per heavy atom. The molecule has 2 aromatic carbocycles. The van der Waals surface area contributed by atoms with Crippen molar-refractivity contribution in [2.24, 2.45) is 11.5 Å². The molecule has 0 spiro atoms. The van der Waals surface area contributed by atoms with E-state index in [0.29, 0.717) is 0 Å². The zero-order chi connectivity index (χ0) is 22.9. The number of benzene rings is 2. The summed E-state index contributed by atoms with van der Waals surface area (Å²) in [5.74, 6) is 0. The van der Waals surface area contributed by atoms with Crippen molar-refractivity contribution in [3.63, 3.8) is 0 Å². The summed E-state index contributed by atoms with van der Waals surface area (Å²) in [5.41, 5.74) is 13.2. The normalized spacial score (nSPS) is 18.4. The first kappa shape index (κ1) is 29.9. The van der Waals surface area contributed by atoms with Gasteiger partial charge in [-0.2, -0.15) is 16.8 Å². The second kappa shape index (κ2) is 13.4. The van der Waals surface area contributed by atoms with Gasteiger partial charge in [-0.05, 0) is 51.0 Å². The van der Waals surface area contributed by atoms with Crippen molar-refractivity contribution < 1.29 is 47.0 Å². The smallest absolute Gasteiger partial charge is 0.294 e. The van der Waals surface area contributed by atoms with Crippen LogP contribution in [0, 0.1) is 13.8 Å². The van der Waals surface area contributed by atoms with E-state index in [1.807, 2.05) is 13.8 Å². The summed E-state index contributed by atoms with van der Waals surface area (Å²) >= 11 is 0. The van der Waals surface area contributed by atoms with Crippen LogP contribution in [-0.2, 0) is 41.3 Å². The fourth-order valence-electron chi connectivity index (χ4n) is 2.61. The van der Waals surface area contributed by atoms with Gasteiger partial charge in [-0.1, -0.05) is 48.2 Å². The third-order valence-corrected chi connectivity index (χ3v) is 6.25. The third-order valence-electron chi connectivity index (χ3n) is 4.51. The molecular weight excluding hydrogens is 623 g/mol. The maximum atomic E-state index is 10.5. The van der Waals surface area contributed by atoms with Crippen LogP contribution >= 0.6 is 0 Å². The summed E-state index contributed by atoms with van der Waals surface area (Å²) in [6.45, 7) is 3.68. The molecule has 11 heteroatoms. The van der Waals surface area contributed by atoms with Crippen LogP contribution in [0.15, 0.2) is 58.3 Å². The summed E-state index contributed by atoms with van der Waals surface area (Å²) in [5, 5.41) is 0. The standard InChI is InChI=1S/2C7H8O3S.C6H14N2.Pt/c2*1-6-2-4-7(5-3-6)11(8,9)10;7-5-3-1-2-4-6(5)8;/h2*2-5H,1H3,(H,8,9,10);5-6H,1-4,7-8H2;/t;;5-,6-;/m..1./s1. The molecule has 3 rings (SSSR count). The fourth-order valence-corrected chi connectivity index (χ4v) is 3.57. The summed E-state index contributed by atoms with van der Waals surface area (Å²) in [7, 11) is -8.04. The van der Waals surface area contributed by atoms with E-state index in [1.54, 1.807) is 24.3 Å². The van der Waals surface area contributed by atoms with E-state index in [4.69, 9.17) is 20.6 Å². The van der Waals surface area contributed by atoms with Gasteiger partial charge in [0.15, 0.2) is 0 Å². The van der Waals surface area contributed by atoms with E-state index in [1.165, 1.54) is 37.1 Å². The molecule has 8 nitrogen and oxygen atoms in total. The predicted octanol–water partition coefficient (Wildman–Crippen LogP) is 2.70. The van der Waals surface area contributed by atoms with Gasteiger partial charge in [0.2, 0.25) is 0 Å². The van der Waals surface area contributed by atoms with Gasteiger partial charge >= 0.3 is 0 Å². The minimum absolute atomic E-state index is 0. The van der Waals surface area contributed by atoms with E-state index in [9.17, 15) is 16.8 Å². The molecule has 0 unspecified atom stereocenters. The molecule has 1 aliphatic rings. The van der Waals surface area contributed by atoms with Gasteiger partial charge in [-0.25, -0.2) is 0 Å². The minimum atomic E-state index is -4.02. The number of hydrogen-bond donors (Lipinski definition) is 4. The van der Waals surface area contributed by atoms with Gasteiger partial charge in [0, 0.05) is 33.1 Å². The number of aryl methyl sites for hydroxylation is 2. The third kappa shape index (κ3) is 11.9. The molecule has 178 valence electrons. The zero-order valence-electron chi connectivity index (χ0n) is 17.4. The Labute approximate surface area is 199 Å². The first-order valence-electron chi connectivity index (χ1n) is 9.40. The fraction of sp³-hybridized carbons (Fsp3) is 0.400. The summed E-state index contributed by atoms with van der Waals surface area (Å²) in [6, 6.07) is 12.5. The quantitative estimate of drug-likeness (QED) is 0.360. The van der Waals surface area contributed by atoms with E-state index < -0.39 is 20.2 Å². The minimum Gasteiger partial charge on any atom is -0.326 e. The zero-order valence-corrected chi connectivity index (χ0v) is 21.3. The SMILES string of the molecule is Cc1ccc(S(=O)(=O)O)cc1.Cc1ccc(S(=O)(=O)O)cc1.N[C@@H]1CCCC[C@H]1N.[Pt]. The van der Waals surface area contributed by atoms with Gasteiger partial charge in [-0.3, -0.25) is 9.11 Å².